The molecule has 2 saturated carbocycles. The molecule has 0 radical (unpaired) electrons. The number of nitrogens with two attached hydrogens (primary N) is 1. The highest BCUT2D eigenvalue weighted by Gasteiger charge is 2.53. The lowest BCUT2D eigenvalue weighted by atomic mass is 9.87. The van der Waals surface area contributed by atoms with E-state index in [1.165, 1.54) is 20.8 Å². The minimum absolute atomic E-state index is 0.0116. The van der Waals surface area contributed by atoms with Gasteiger partial charge in [0.25, 0.3) is 0 Å². The summed E-state index contributed by atoms with van der Waals surface area (Å²) in [6.07, 6.45) is 2.41. The summed E-state index contributed by atoms with van der Waals surface area (Å²) < 4.78 is 26.9. The van der Waals surface area contributed by atoms with Crippen LogP contribution in [0, 0.1) is 5.92 Å². The fraction of sp³-hybridized carbons (Fsp3) is 1.00. The first kappa shape index (κ1) is 17.8. The van der Waals surface area contributed by atoms with E-state index in [4.69, 9.17) is 5.73 Å². The summed E-state index contributed by atoms with van der Waals surface area (Å²) in [6, 6.07) is -0.512. The third-order valence-electron chi connectivity index (χ3n) is 5.73. The van der Waals surface area contributed by atoms with E-state index < -0.39 is 28.6 Å². The molecule has 120 valence electrons. The highest BCUT2D eigenvalue weighted by Crippen LogP contribution is 2.45. The Kier molecular flexibility index (Phi) is 4.61. The standard InChI is InChI=1S/C8H15FO.C7H14FNO/c1-6-4-5-7(2,10)8(6,3)9;1-6(10)4-3-5(9)7(6,2)8/h6,10H,4-5H2,1-3H3;5,10H,3-4,9H2,1-2H3/t6-,7-,8-;5-,6-,7-/m11/s1. The van der Waals surface area contributed by atoms with Gasteiger partial charge < -0.3 is 15.9 Å². The number of hydrogen-bond acceptors (Lipinski definition) is 3. The Labute approximate surface area is 120 Å². The maximum atomic E-state index is 13.5. The molecule has 0 amide bonds. The van der Waals surface area contributed by atoms with Gasteiger partial charge in [-0.2, -0.15) is 0 Å². The predicted molar refractivity (Wildman–Crippen MR) is 75.9 cm³/mol. The van der Waals surface area contributed by atoms with Crippen LogP contribution in [-0.4, -0.2) is 38.8 Å². The molecule has 5 heteroatoms. The zero-order chi connectivity index (χ0) is 16.0. The molecule has 0 aromatic carbocycles. The SMILES string of the molecule is C[C@@H]1CC[C@@](C)(O)[C@]1(C)F.C[C@@]1(O)CC[C@@H](N)[C@@]1(C)F. The topological polar surface area (TPSA) is 66.5 Å². The van der Waals surface area contributed by atoms with Gasteiger partial charge in [-0.1, -0.05) is 6.92 Å². The van der Waals surface area contributed by atoms with Gasteiger partial charge in [0, 0.05) is 6.04 Å². The molecule has 20 heavy (non-hydrogen) atoms. The summed E-state index contributed by atoms with van der Waals surface area (Å²) in [7, 11) is 0. The van der Waals surface area contributed by atoms with Crippen LogP contribution >= 0.6 is 0 Å². The van der Waals surface area contributed by atoms with Crippen LogP contribution in [0.15, 0.2) is 0 Å². The minimum Gasteiger partial charge on any atom is -0.387 e. The summed E-state index contributed by atoms with van der Waals surface area (Å²) in [4.78, 5) is 0. The van der Waals surface area contributed by atoms with E-state index in [0.717, 1.165) is 6.42 Å². The maximum Gasteiger partial charge on any atom is 0.151 e. The molecule has 6 atom stereocenters. The number of alkyl halides is 2. The Morgan fingerprint density at radius 1 is 0.900 bits per heavy atom. The molecule has 0 spiro atoms. The molecular formula is C15H29F2NO2. The maximum absolute atomic E-state index is 13.5. The van der Waals surface area contributed by atoms with E-state index in [1.54, 1.807) is 6.92 Å². The van der Waals surface area contributed by atoms with Crippen molar-refractivity contribution in [1.82, 2.24) is 0 Å². The molecule has 2 aliphatic carbocycles. The van der Waals surface area contributed by atoms with Crippen molar-refractivity contribution in [3.63, 3.8) is 0 Å². The normalized spacial score (nSPS) is 55.5. The molecule has 0 heterocycles. The number of rotatable bonds is 0. The Balaban J connectivity index is 0.000000200. The summed E-state index contributed by atoms with van der Waals surface area (Å²) in [5.41, 5.74) is 0.105. The third kappa shape index (κ3) is 2.85. The fourth-order valence-corrected chi connectivity index (χ4v) is 2.90. The first-order valence-corrected chi connectivity index (χ1v) is 7.34. The van der Waals surface area contributed by atoms with Gasteiger partial charge in [0.1, 0.15) is 5.67 Å². The fourth-order valence-electron chi connectivity index (χ4n) is 2.90. The second kappa shape index (κ2) is 5.18. The third-order valence-corrected chi connectivity index (χ3v) is 5.73. The van der Waals surface area contributed by atoms with Crippen LogP contribution < -0.4 is 5.73 Å². The lowest BCUT2D eigenvalue weighted by Crippen LogP contribution is -2.50. The van der Waals surface area contributed by atoms with Crippen molar-refractivity contribution in [3.8, 4) is 0 Å². The number of aliphatic hydroxyl groups is 2. The Hall–Kier alpha value is -0.260. The zero-order valence-corrected chi connectivity index (χ0v) is 13.2. The van der Waals surface area contributed by atoms with Crippen LogP contribution in [-0.2, 0) is 0 Å². The highest BCUT2D eigenvalue weighted by atomic mass is 19.1. The molecule has 0 bridgehead atoms. The smallest absolute Gasteiger partial charge is 0.151 e. The Morgan fingerprint density at radius 3 is 1.40 bits per heavy atom. The largest absolute Gasteiger partial charge is 0.387 e. The molecule has 2 rings (SSSR count). The van der Waals surface area contributed by atoms with E-state index in [-0.39, 0.29) is 5.92 Å². The van der Waals surface area contributed by atoms with Crippen molar-refractivity contribution in [1.29, 1.82) is 0 Å². The van der Waals surface area contributed by atoms with Crippen LogP contribution in [0.1, 0.15) is 60.3 Å². The second-order valence-electron chi connectivity index (χ2n) is 7.28. The molecule has 0 unspecified atom stereocenters. The highest BCUT2D eigenvalue weighted by molar-refractivity contribution is 5.07. The molecular weight excluding hydrogens is 264 g/mol. The van der Waals surface area contributed by atoms with Gasteiger partial charge in [-0.3, -0.25) is 0 Å². The molecule has 0 saturated heterocycles. The van der Waals surface area contributed by atoms with E-state index in [2.05, 4.69) is 0 Å². The summed E-state index contributed by atoms with van der Waals surface area (Å²) >= 11 is 0. The molecule has 0 aromatic rings. The van der Waals surface area contributed by atoms with Crippen molar-refractivity contribution < 1.29 is 19.0 Å². The lowest BCUT2D eigenvalue weighted by molar-refractivity contribution is -0.0720. The zero-order valence-electron chi connectivity index (χ0n) is 13.2. The van der Waals surface area contributed by atoms with Gasteiger partial charge in [0.15, 0.2) is 5.67 Å². The van der Waals surface area contributed by atoms with E-state index in [0.29, 0.717) is 19.3 Å². The van der Waals surface area contributed by atoms with Crippen molar-refractivity contribution in [3.05, 3.63) is 0 Å². The minimum atomic E-state index is -1.62. The van der Waals surface area contributed by atoms with Gasteiger partial charge in [-0.05, 0) is 59.3 Å². The average Bonchev–Trinajstić information content (AvgIpc) is 2.60. The molecule has 4 N–H and O–H groups in total. The molecule has 3 nitrogen and oxygen atoms in total. The second-order valence-corrected chi connectivity index (χ2v) is 7.28. The van der Waals surface area contributed by atoms with Crippen molar-refractivity contribution >= 4 is 0 Å². The van der Waals surface area contributed by atoms with Gasteiger partial charge in [0.2, 0.25) is 0 Å². The van der Waals surface area contributed by atoms with Gasteiger partial charge in [0.05, 0.1) is 11.2 Å². The summed E-state index contributed by atoms with van der Waals surface area (Å²) in [6.45, 7) is 7.78. The summed E-state index contributed by atoms with van der Waals surface area (Å²) in [5, 5.41) is 19.0. The Morgan fingerprint density at radius 2 is 1.30 bits per heavy atom. The van der Waals surface area contributed by atoms with E-state index in [9.17, 15) is 19.0 Å². The average molecular weight is 293 g/mol. The van der Waals surface area contributed by atoms with Crippen molar-refractivity contribution in [2.45, 2.75) is 88.9 Å². The molecule has 0 aromatic heterocycles. The first-order valence-electron chi connectivity index (χ1n) is 7.34. The van der Waals surface area contributed by atoms with Crippen LogP contribution in [0.4, 0.5) is 8.78 Å². The van der Waals surface area contributed by atoms with Crippen LogP contribution in [0.5, 0.6) is 0 Å². The van der Waals surface area contributed by atoms with E-state index >= 15 is 0 Å². The monoisotopic (exact) mass is 293 g/mol. The quantitative estimate of drug-likeness (QED) is 0.643. The van der Waals surface area contributed by atoms with E-state index in [1.807, 2.05) is 6.92 Å². The van der Waals surface area contributed by atoms with Gasteiger partial charge >= 0.3 is 0 Å². The molecule has 0 aliphatic heterocycles. The van der Waals surface area contributed by atoms with Gasteiger partial charge in [-0.15, -0.1) is 0 Å². The first-order chi connectivity index (χ1) is 8.76. The Bertz CT molecular complexity index is 320. The van der Waals surface area contributed by atoms with Crippen molar-refractivity contribution in [2.75, 3.05) is 0 Å². The molecule has 2 aliphatic rings. The number of hydrogen-bond donors (Lipinski definition) is 3. The lowest BCUT2D eigenvalue weighted by Gasteiger charge is -2.31. The van der Waals surface area contributed by atoms with Gasteiger partial charge in [-0.25, -0.2) is 8.78 Å². The van der Waals surface area contributed by atoms with Crippen LogP contribution in [0.25, 0.3) is 0 Å². The number of halogens is 2. The van der Waals surface area contributed by atoms with Crippen molar-refractivity contribution in [2.24, 2.45) is 11.7 Å². The molecule has 2 fully saturated rings. The summed E-state index contributed by atoms with van der Waals surface area (Å²) in [5.74, 6) is -0.0116. The van der Waals surface area contributed by atoms with Crippen LogP contribution in [0.3, 0.4) is 0 Å². The predicted octanol–water partition coefficient (Wildman–Crippen LogP) is 2.48. The van der Waals surface area contributed by atoms with Crippen LogP contribution in [0.2, 0.25) is 0 Å².